The maximum absolute atomic E-state index is 12.0. The minimum absolute atomic E-state index is 0.0443. The van der Waals surface area contributed by atoms with Crippen LogP contribution in [0.1, 0.15) is 25.3 Å². The van der Waals surface area contributed by atoms with Crippen molar-refractivity contribution in [1.29, 1.82) is 0 Å². The molecular formula is C18H25N3OS. The molecule has 4 nitrogen and oxygen atoms in total. The molecule has 0 aliphatic heterocycles. The predicted octanol–water partition coefficient (Wildman–Crippen LogP) is 3.20. The van der Waals surface area contributed by atoms with Crippen LogP contribution in [-0.4, -0.2) is 42.0 Å². The number of amides is 1. The first-order valence-corrected chi connectivity index (χ1v) is 8.70. The zero-order valence-electron chi connectivity index (χ0n) is 14.3. The summed E-state index contributed by atoms with van der Waals surface area (Å²) in [6, 6.07) is 10.1. The number of likely N-dealkylation sites (N-methyl/N-ethyl adjacent to an activating group) is 1. The number of aryl methyl sites for hydroxylation is 1. The summed E-state index contributed by atoms with van der Waals surface area (Å²) in [6.07, 6.45) is 1.16. The van der Waals surface area contributed by atoms with Gasteiger partial charge in [0.05, 0.1) is 10.7 Å². The highest BCUT2D eigenvalue weighted by Gasteiger charge is 2.20. The van der Waals surface area contributed by atoms with E-state index in [1.165, 1.54) is 0 Å². The van der Waals surface area contributed by atoms with Gasteiger partial charge in [0.1, 0.15) is 0 Å². The lowest BCUT2D eigenvalue weighted by Crippen LogP contribution is -2.48. The van der Waals surface area contributed by atoms with E-state index in [9.17, 15) is 4.79 Å². The van der Waals surface area contributed by atoms with Crippen LogP contribution in [0.2, 0.25) is 0 Å². The van der Waals surface area contributed by atoms with Crippen molar-refractivity contribution in [1.82, 2.24) is 15.2 Å². The largest absolute Gasteiger partial charge is 0.354 e. The summed E-state index contributed by atoms with van der Waals surface area (Å²) >= 11 is 1.62. The Balaban J connectivity index is 1.82. The molecule has 0 atom stereocenters. The first-order valence-electron chi connectivity index (χ1n) is 7.82. The van der Waals surface area contributed by atoms with Crippen molar-refractivity contribution in [2.24, 2.45) is 0 Å². The van der Waals surface area contributed by atoms with Crippen LogP contribution in [0.4, 0.5) is 0 Å². The normalized spacial score (nSPS) is 11.7. The van der Waals surface area contributed by atoms with Crippen molar-refractivity contribution in [3.63, 3.8) is 0 Å². The number of benzene rings is 1. The standard InChI is InChI=1S/C18H25N3OS/c1-18(2,21(3)4)13-19-16(22)10-11-17-20-15(12-23-17)14-8-6-5-7-9-14/h5-9,12H,10-11,13H2,1-4H3,(H,19,22). The number of aromatic nitrogens is 1. The van der Waals surface area contributed by atoms with Crippen LogP contribution in [0.3, 0.4) is 0 Å². The van der Waals surface area contributed by atoms with Crippen molar-refractivity contribution < 1.29 is 4.79 Å². The Bertz CT molecular complexity index is 635. The Morgan fingerprint density at radius 3 is 2.61 bits per heavy atom. The molecule has 0 saturated carbocycles. The van der Waals surface area contributed by atoms with Gasteiger partial charge in [-0.3, -0.25) is 4.79 Å². The maximum atomic E-state index is 12.0. The highest BCUT2D eigenvalue weighted by molar-refractivity contribution is 7.09. The molecule has 1 N–H and O–H groups in total. The third-order valence-electron chi connectivity index (χ3n) is 4.12. The molecule has 2 rings (SSSR count). The molecule has 124 valence electrons. The first kappa shape index (κ1) is 17.6. The Hall–Kier alpha value is -1.72. The van der Waals surface area contributed by atoms with Gasteiger partial charge in [0.25, 0.3) is 0 Å². The van der Waals surface area contributed by atoms with Gasteiger partial charge in [-0.15, -0.1) is 11.3 Å². The van der Waals surface area contributed by atoms with E-state index in [0.717, 1.165) is 16.3 Å². The summed E-state index contributed by atoms with van der Waals surface area (Å²) in [6.45, 7) is 4.87. The van der Waals surface area contributed by atoms with Crippen LogP contribution in [0.25, 0.3) is 11.3 Å². The Morgan fingerprint density at radius 2 is 1.96 bits per heavy atom. The summed E-state index contributed by atoms with van der Waals surface area (Å²) in [5, 5.41) is 6.07. The van der Waals surface area contributed by atoms with E-state index in [4.69, 9.17) is 0 Å². The number of carbonyl (C=O) groups is 1. The van der Waals surface area contributed by atoms with Crippen LogP contribution >= 0.6 is 11.3 Å². The molecule has 0 bridgehead atoms. The van der Waals surface area contributed by atoms with Crippen molar-refractivity contribution >= 4 is 17.2 Å². The molecule has 2 aromatic rings. The summed E-state index contributed by atoms with van der Waals surface area (Å²) in [5.74, 6) is 0.0800. The first-order chi connectivity index (χ1) is 10.9. The van der Waals surface area contributed by atoms with Gasteiger partial charge in [-0.1, -0.05) is 30.3 Å². The molecule has 23 heavy (non-hydrogen) atoms. The maximum Gasteiger partial charge on any atom is 0.220 e. The van der Waals surface area contributed by atoms with Crippen LogP contribution in [0.5, 0.6) is 0 Å². The van der Waals surface area contributed by atoms with Crippen molar-refractivity contribution in [3.05, 3.63) is 40.7 Å². The van der Waals surface area contributed by atoms with E-state index >= 15 is 0 Å². The summed E-state index contributed by atoms with van der Waals surface area (Å²) < 4.78 is 0. The summed E-state index contributed by atoms with van der Waals surface area (Å²) in [7, 11) is 4.04. The van der Waals surface area contributed by atoms with Gasteiger partial charge in [0.15, 0.2) is 0 Å². The van der Waals surface area contributed by atoms with E-state index in [1.807, 2.05) is 32.3 Å². The zero-order valence-corrected chi connectivity index (χ0v) is 15.1. The molecule has 1 heterocycles. The SMILES string of the molecule is CN(C)C(C)(C)CNC(=O)CCc1nc(-c2ccccc2)cs1. The van der Waals surface area contributed by atoms with Crippen molar-refractivity contribution in [3.8, 4) is 11.3 Å². The highest BCUT2D eigenvalue weighted by Crippen LogP contribution is 2.22. The number of hydrogen-bond donors (Lipinski definition) is 1. The molecule has 0 aliphatic carbocycles. The highest BCUT2D eigenvalue weighted by atomic mass is 32.1. The molecule has 1 amide bonds. The molecular weight excluding hydrogens is 306 g/mol. The second kappa shape index (κ2) is 7.70. The second-order valence-electron chi connectivity index (χ2n) is 6.48. The zero-order chi connectivity index (χ0) is 16.9. The van der Waals surface area contributed by atoms with Gasteiger partial charge in [-0.05, 0) is 27.9 Å². The number of nitrogens with one attached hydrogen (secondary N) is 1. The average molecular weight is 331 g/mol. The van der Waals surface area contributed by atoms with Crippen molar-refractivity contribution in [2.75, 3.05) is 20.6 Å². The molecule has 5 heteroatoms. The predicted molar refractivity (Wildman–Crippen MR) is 96.6 cm³/mol. The Labute approximate surface area is 142 Å². The molecule has 1 aromatic carbocycles. The van der Waals surface area contributed by atoms with Gasteiger partial charge < -0.3 is 10.2 Å². The number of hydrogen-bond acceptors (Lipinski definition) is 4. The van der Waals surface area contributed by atoms with Gasteiger partial charge >= 0.3 is 0 Å². The fraction of sp³-hybridized carbons (Fsp3) is 0.444. The van der Waals surface area contributed by atoms with E-state index in [1.54, 1.807) is 11.3 Å². The van der Waals surface area contributed by atoms with Gasteiger partial charge in [-0.25, -0.2) is 4.98 Å². The smallest absolute Gasteiger partial charge is 0.220 e. The van der Waals surface area contributed by atoms with Crippen LogP contribution < -0.4 is 5.32 Å². The summed E-state index contributed by atoms with van der Waals surface area (Å²) in [4.78, 5) is 18.7. The van der Waals surface area contributed by atoms with Crippen LogP contribution in [-0.2, 0) is 11.2 Å². The fourth-order valence-corrected chi connectivity index (χ4v) is 2.76. The van der Waals surface area contributed by atoms with E-state index < -0.39 is 0 Å². The molecule has 0 fully saturated rings. The molecule has 0 unspecified atom stereocenters. The van der Waals surface area contributed by atoms with Crippen LogP contribution in [0.15, 0.2) is 35.7 Å². The minimum atomic E-state index is -0.0443. The lowest BCUT2D eigenvalue weighted by Gasteiger charge is -2.32. The van der Waals surface area contributed by atoms with E-state index in [2.05, 4.69) is 46.6 Å². The minimum Gasteiger partial charge on any atom is -0.354 e. The number of nitrogens with zero attached hydrogens (tertiary/aromatic N) is 2. The lowest BCUT2D eigenvalue weighted by molar-refractivity contribution is -0.121. The van der Waals surface area contributed by atoms with E-state index in [-0.39, 0.29) is 11.4 Å². The lowest BCUT2D eigenvalue weighted by atomic mass is 10.0. The second-order valence-corrected chi connectivity index (χ2v) is 7.42. The number of rotatable bonds is 7. The van der Waals surface area contributed by atoms with Gasteiger partial charge in [-0.2, -0.15) is 0 Å². The topological polar surface area (TPSA) is 45.2 Å². The van der Waals surface area contributed by atoms with Crippen molar-refractivity contribution in [2.45, 2.75) is 32.2 Å². The Morgan fingerprint density at radius 1 is 1.26 bits per heavy atom. The van der Waals surface area contributed by atoms with E-state index in [0.29, 0.717) is 19.4 Å². The molecule has 0 aliphatic rings. The monoisotopic (exact) mass is 331 g/mol. The third-order valence-corrected chi connectivity index (χ3v) is 5.02. The average Bonchev–Trinajstić information content (AvgIpc) is 3.01. The summed E-state index contributed by atoms with van der Waals surface area (Å²) in [5.41, 5.74) is 2.06. The Kier molecular flexibility index (Phi) is 5.91. The molecule has 0 saturated heterocycles. The van der Waals surface area contributed by atoms with Gasteiger partial charge in [0.2, 0.25) is 5.91 Å². The fourth-order valence-electron chi connectivity index (χ4n) is 1.95. The molecule has 1 aromatic heterocycles. The third kappa shape index (κ3) is 5.15. The molecule has 0 spiro atoms. The van der Waals surface area contributed by atoms with Crippen LogP contribution in [0, 0.1) is 0 Å². The van der Waals surface area contributed by atoms with Gasteiger partial charge in [0, 0.05) is 35.9 Å². The number of thiazole rings is 1. The quantitative estimate of drug-likeness (QED) is 0.847. The molecule has 0 radical (unpaired) electrons. The number of carbonyl (C=O) groups excluding carboxylic acids is 1.